The van der Waals surface area contributed by atoms with Gasteiger partial charge >= 0.3 is 0 Å². The first-order valence-electron chi connectivity index (χ1n) is 4.94. The second kappa shape index (κ2) is 4.22. The van der Waals surface area contributed by atoms with Gasteiger partial charge in [0.05, 0.1) is 12.0 Å². The molecule has 2 rings (SSSR count). The highest BCUT2D eigenvalue weighted by molar-refractivity contribution is 7.99. The number of carbonyl (C=O) groups is 1. The van der Waals surface area contributed by atoms with Crippen molar-refractivity contribution in [1.82, 2.24) is 0 Å². The second-order valence-electron chi connectivity index (χ2n) is 3.72. The number of carbonyl (C=O) groups excluding carboxylic acids is 1. The van der Waals surface area contributed by atoms with Crippen molar-refractivity contribution < 1.29 is 9.21 Å². The molecule has 0 bridgehead atoms. The van der Waals surface area contributed by atoms with Gasteiger partial charge in [-0.3, -0.25) is 4.79 Å². The van der Waals surface area contributed by atoms with E-state index in [1.54, 1.807) is 6.26 Å². The first-order valence-corrected chi connectivity index (χ1v) is 5.99. The van der Waals surface area contributed by atoms with Gasteiger partial charge in [-0.2, -0.15) is 0 Å². The van der Waals surface area contributed by atoms with E-state index < -0.39 is 0 Å². The van der Waals surface area contributed by atoms with Gasteiger partial charge in [0.1, 0.15) is 11.5 Å². The van der Waals surface area contributed by atoms with Crippen molar-refractivity contribution in [3.63, 3.8) is 0 Å². The summed E-state index contributed by atoms with van der Waals surface area (Å²) in [5, 5.41) is 0.493. The molecule has 0 saturated heterocycles. The van der Waals surface area contributed by atoms with E-state index in [2.05, 4.69) is 0 Å². The van der Waals surface area contributed by atoms with Crippen LogP contribution < -0.4 is 0 Å². The van der Waals surface area contributed by atoms with E-state index >= 15 is 0 Å². The fraction of sp³-hybridized carbons (Fsp3) is 0.545. The Kier molecular flexibility index (Phi) is 2.96. The SMILES string of the molecule is CC1C(=O)CCC1SCc1ccco1. The number of thioether (sulfide) groups is 1. The van der Waals surface area contributed by atoms with Gasteiger partial charge in [0.15, 0.2) is 0 Å². The highest BCUT2D eigenvalue weighted by Crippen LogP contribution is 2.34. The van der Waals surface area contributed by atoms with Crippen molar-refractivity contribution >= 4 is 17.5 Å². The number of Topliss-reactive ketones (excluding diaryl/α,β-unsaturated/α-hetero) is 1. The van der Waals surface area contributed by atoms with Crippen LogP contribution in [0.5, 0.6) is 0 Å². The zero-order chi connectivity index (χ0) is 9.97. The van der Waals surface area contributed by atoms with Crippen LogP contribution in [-0.2, 0) is 10.5 Å². The molecule has 2 atom stereocenters. The first kappa shape index (κ1) is 9.84. The number of ketones is 1. The normalized spacial score (nSPS) is 27.1. The number of hydrogen-bond acceptors (Lipinski definition) is 3. The molecular formula is C11H14O2S. The molecule has 1 heterocycles. The van der Waals surface area contributed by atoms with E-state index in [4.69, 9.17) is 4.42 Å². The molecule has 1 fully saturated rings. The highest BCUT2D eigenvalue weighted by Gasteiger charge is 2.30. The standard InChI is InChI=1S/C11H14O2S/c1-8-10(12)4-5-11(8)14-7-9-3-2-6-13-9/h2-3,6,8,11H,4-5,7H2,1H3. The summed E-state index contributed by atoms with van der Waals surface area (Å²) in [6.45, 7) is 2.04. The number of furan rings is 1. The maximum Gasteiger partial charge on any atom is 0.136 e. The zero-order valence-corrected chi connectivity index (χ0v) is 9.05. The Labute approximate surface area is 88.1 Å². The summed E-state index contributed by atoms with van der Waals surface area (Å²) in [6.07, 6.45) is 3.49. The Hall–Kier alpha value is -0.700. The third-order valence-corrected chi connectivity index (χ3v) is 4.28. The summed E-state index contributed by atoms with van der Waals surface area (Å²) >= 11 is 1.84. The minimum atomic E-state index is 0.231. The summed E-state index contributed by atoms with van der Waals surface area (Å²) in [4.78, 5) is 11.3. The molecule has 0 aromatic carbocycles. The van der Waals surface area contributed by atoms with Crippen LogP contribution in [0.1, 0.15) is 25.5 Å². The topological polar surface area (TPSA) is 30.2 Å². The van der Waals surface area contributed by atoms with Gasteiger partial charge < -0.3 is 4.42 Å². The lowest BCUT2D eigenvalue weighted by atomic mass is 10.1. The van der Waals surface area contributed by atoms with Gasteiger partial charge in [0, 0.05) is 17.6 Å². The molecule has 0 spiro atoms. The summed E-state index contributed by atoms with van der Waals surface area (Å²) in [5.74, 6) is 2.54. The molecule has 0 amide bonds. The molecule has 0 radical (unpaired) electrons. The van der Waals surface area contributed by atoms with Crippen LogP contribution >= 0.6 is 11.8 Å². The maximum atomic E-state index is 11.3. The summed E-state index contributed by atoms with van der Waals surface area (Å²) < 4.78 is 5.25. The predicted octanol–water partition coefficient (Wildman–Crippen LogP) is 2.88. The fourth-order valence-electron chi connectivity index (χ4n) is 1.78. The van der Waals surface area contributed by atoms with Crippen LogP contribution in [0.15, 0.2) is 22.8 Å². The van der Waals surface area contributed by atoms with Gasteiger partial charge in [-0.25, -0.2) is 0 Å². The molecule has 1 aliphatic rings. The lowest BCUT2D eigenvalue weighted by Gasteiger charge is -2.12. The summed E-state index contributed by atoms with van der Waals surface area (Å²) in [7, 11) is 0. The van der Waals surface area contributed by atoms with Crippen molar-refractivity contribution in [3.8, 4) is 0 Å². The summed E-state index contributed by atoms with van der Waals surface area (Å²) in [6, 6.07) is 3.88. The Bertz CT molecular complexity index is 305. The van der Waals surface area contributed by atoms with Crippen molar-refractivity contribution in [1.29, 1.82) is 0 Å². The quantitative estimate of drug-likeness (QED) is 0.768. The minimum Gasteiger partial charge on any atom is -0.468 e. The lowest BCUT2D eigenvalue weighted by molar-refractivity contribution is -0.120. The van der Waals surface area contributed by atoms with E-state index in [1.165, 1.54) is 0 Å². The van der Waals surface area contributed by atoms with Crippen molar-refractivity contribution in [2.24, 2.45) is 5.92 Å². The second-order valence-corrected chi connectivity index (χ2v) is 4.95. The largest absolute Gasteiger partial charge is 0.468 e. The molecule has 0 N–H and O–H groups in total. The molecule has 0 aliphatic heterocycles. The zero-order valence-electron chi connectivity index (χ0n) is 8.23. The van der Waals surface area contributed by atoms with Crippen molar-refractivity contribution in [2.45, 2.75) is 30.8 Å². The van der Waals surface area contributed by atoms with Crippen LogP contribution in [0, 0.1) is 5.92 Å². The molecular weight excluding hydrogens is 196 g/mol. The van der Waals surface area contributed by atoms with Crippen molar-refractivity contribution in [3.05, 3.63) is 24.2 Å². The van der Waals surface area contributed by atoms with Crippen LogP contribution in [0.2, 0.25) is 0 Å². The average Bonchev–Trinajstić information content (AvgIpc) is 2.77. The highest BCUT2D eigenvalue weighted by atomic mass is 32.2. The third kappa shape index (κ3) is 2.03. The Morgan fingerprint density at radius 1 is 1.64 bits per heavy atom. The average molecular weight is 210 g/mol. The Morgan fingerprint density at radius 3 is 3.07 bits per heavy atom. The molecule has 3 heteroatoms. The molecule has 1 aliphatic carbocycles. The first-order chi connectivity index (χ1) is 6.77. The minimum absolute atomic E-state index is 0.231. The smallest absolute Gasteiger partial charge is 0.136 e. The van der Waals surface area contributed by atoms with Gasteiger partial charge in [-0.05, 0) is 18.6 Å². The van der Waals surface area contributed by atoms with E-state index in [0.717, 1.165) is 24.4 Å². The van der Waals surface area contributed by atoms with E-state index in [-0.39, 0.29) is 5.92 Å². The van der Waals surface area contributed by atoms with Crippen molar-refractivity contribution in [2.75, 3.05) is 0 Å². The fourth-order valence-corrected chi connectivity index (χ4v) is 3.05. The number of rotatable bonds is 3. The molecule has 14 heavy (non-hydrogen) atoms. The van der Waals surface area contributed by atoms with Crippen LogP contribution in [-0.4, -0.2) is 11.0 Å². The van der Waals surface area contributed by atoms with E-state index in [0.29, 0.717) is 11.0 Å². The van der Waals surface area contributed by atoms with Crippen LogP contribution in [0.25, 0.3) is 0 Å². The number of hydrogen-bond donors (Lipinski definition) is 0. The van der Waals surface area contributed by atoms with Gasteiger partial charge in [-0.15, -0.1) is 11.8 Å². The molecule has 2 nitrogen and oxygen atoms in total. The molecule has 76 valence electrons. The van der Waals surface area contributed by atoms with E-state index in [9.17, 15) is 4.79 Å². The van der Waals surface area contributed by atoms with Gasteiger partial charge in [-0.1, -0.05) is 6.92 Å². The van der Waals surface area contributed by atoms with Crippen LogP contribution in [0.4, 0.5) is 0 Å². The monoisotopic (exact) mass is 210 g/mol. The lowest BCUT2D eigenvalue weighted by Crippen LogP contribution is -2.12. The molecule has 1 saturated carbocycles. The van der Waals surface area contributed by atoms with Gasteiger partial charge in [0.25, 0.3) is 0 Å². The maximum absolute atomic E-state index is 11.3. The Morgan fingerprint density at radius 2 is 2.50 bits per heavy atom. The predicted molar refractivity (Wildman–Crippen MR) is 57.2 cm³/mol. The third-order valence-electron chi connectivity index (χ3n) is 2.76. The molecule has 2 unspecified atom stereocenters. The Balaban J connectivity index is 1.84. The molecule has 1 aromatic rings. The summed E-state index contributed by atoms with van der Waals surface area (Å²) in [5.41, 5.74) is 0. The van der Waals surface area contributed by atoms with E-state index in [1.807, 2.05) is 30.8 Å². The van der Waals surface area contributed by atoms with Gasteiger partial charge in [0.2, 0.25) is 0 Å². The van der Waals surface area contributed by atoms with Crippen LogP contribution in [0.3, 0.4) is 0 Å². The molecule has 1 aromatic heterocycles.